The molecule has 0 saturated heterocycles. The van der Waals surface area contributed by atoms with Crippen LogP contribution in [0.25, 0.3) is 0 Å². The Labute approximate surface area is 54.0 Å². The fourth-order valence-corrected chi connectivity index (χ4v) is 0.329. The summed E-state index contributed by atoms with van der Waals surface area (Å²) in [7, 11) is 1.56. The fourth-order valence-electron chi connectivity index (χ4n) is 0.329. The van der Waals surface area contributed by atoms with Crippen LogP contribution < -0.4 is 0 Å². The largest absolute Gasteiger partial charge is 0.320 e. The second-order valence-corrected chi connectivity index (χ2v) is 1.71. The zero-order valence-electron chi connectivity index (χ0n) is 5.52. The van der Waals surface area contributed by atoms with Gasteiger partial charge in [-0.15, -0.1) is 0 Å². The van der Waals surface area contributed by atoms with Gasteiger partial charge in [0.1, 0.15) is 5.84 Å². The minimum Gasteiger partial charge on any atom is -0.320 e. The molecule has 9 heavy (non-hydrogen) atoms. The Morgan fingerprint density at radius 2 is 1.89 bits per heavy atom. The second-order valence-electron chi connectivity index (χ2n) is 1.71. The van der Waals surface area contributed by atoms with E-state index in [1.807, 2.05) is 0 Å². The summed E-state index contributed by atoms with van der Waals surface area (Å²) >= 11 is 0. The van der Waals surface area contributed by atoms with Crippen molar-refractivity contribution in [1.29, 1.82) is 16.2 Å². The highest BCUT2D eigenvalue weighted by molar-refractivity contribution is 6.39. The summed E-state index contributed by atoms with van der Waals surface area (Å²) in [5.74, 6) is 0.0602. The molecule has 0 aliphatic rings. The van der Waals surface area contributed by atoms with E-state index in [9.17, 15) is 0 Å². The van der Waals surface area contributed by atoms with Crippen molar-refractivity contribution in [3.63, 3.8) is 0 Å². The lowest BCUT2D eigenvalue weighted by Gasteiger charge is -2.10. The van der Waals surface area contributed by atoms with Crippen LogP contribution in [-0.4, -0.2) is 29.8 Å². The highest BCUT2D eigenvalue weighted by atomic mass is 15.1. The molecule has 0 aromatic carbocycles. The van der Waals surface area contributed by atoms with Crippen LogP contribution in [0.1, 0.15) is 6.92 Å². The van der Waals surface area contributed by atoms with Gasteiger partial charge < -0.3 is 10.3 Å². The number of nitrogens with zero attached hydrogens (tertiary/aromatic N) is 1. The molecule has 0 fully saturated rings. The van der Waals surface area contributed by atoms with E-state index in [0.717, 1.165) is 6.34 Å². The summed E-state index contributed by atoms with van der Waals surface area (Å²) in [6.45, 7) is 1.52. The molecule has 3 N–H and O–H groups in total. The molecule has 0 radical (unpaired) electrons. The Bertz CT molecular complexity index is 149. The van der Waals surface area contributed by atoms with E-state index in [4.69, 9.17) is 16.2 Å². The van der Waals surface area contributed by atoms with Gasteiger partial charge in [0.25, 0.3) is 0 Å². The number of hydrogen-bond acceptors (Lipinski definition) is 3. The summed E-state index contributed by atoms with van der Waals surface area (Å²) in [5.41, 5.74) is 0.168. The van der Waals surface area contributed by atoms with Crippen molar-refractivity contribution in [3.05, 3.63) is 0 Å². The third-order valence-electron chi connectivity index (χ3n) is 0.902. The predicted molar refractivity (Wildman–Crippen MR) is 37.7 cm³/mol. The molecule has 0 rings (SSSR count). The minimum absolute atomic E-state index is 0.0602. The summed E-state index contributed by atoms with van der Waals surface area (Å²) < 4.78 is 0. The molecule has 0 aliphatic heterocycles. The van der Waals surface area contributed by atoms with Crippen molar-refractivity contribution in [3.8, 4) is 0 Å². The summed E-state index contributed by atoms with van der Waals surface area (Å²) in [4.78, 5) is 1.27. The van der Waals surface area contributed by atoms with Crippen molar-refractivity contribution in [2.75, 3.05) is 7.05 Å². The normalized spacial score (nSPS) is 8.22. The molecule has 0 heterocycles. The van der Waals surface area contributed by atoms with Crippen LogP contribution in [0.3, 0.4) is 0 Å². The maximum absolute atomic E-state index is 7.10. The van der Waals surface area contributed by atoms with Gasteiger partial charge in [0.15, 0.2) is 0 Å². The average Bonchev–Trinajstić information content (AvgIpc) is 1.84. The van der Waals surface area contributed by atoms with Crippen LogP contribution >= 0.6 is 0 Å². The van der Waals surface area contributed by atoms with Gasteiger partial charge in [-0.3, -0.25) is 10.8 Å². The molecule has 0 aromatic rings. The second kappa shape index (κ2) is 2.96. The molecule has 0 aromatic heterocycles. The molecule has 0 spiro atoms. The number of rotatable bonds is 2. The van der Waals surface area contributed by atoms with Crippen LogP contribution in [-0.2, 0) is 0 Å². The SMILES string of the molecule is CC(=N)C(=N)N(C)C=N. The standard InChI is InChI=1S/C5H10N4/c1-4(7)5(8)9(2)3-6/h3,6-8H,1-2H3. The van der Waals surface area contributed by atoms with Gasteiger partial charge in [0, 0.05) is 7.05 Å². The van der Waals surface area contributed by atoms with E-state index in [-0.39, 0.29) is 11.5 Å². The van der Waals surface area contributed by atoms with Gasteiger partial charge >= 0.3 is 0 Å². The van der Waals surface area contributed by atoms with Gasteiger partial charge in [-0.05, 0) is 6.92 Å². The van der Waals surface area contributed by atoms with E-state index < -0.39 is 0 Å². The lowest BCUT2D eigenvalue weighted by atomic mass is 10.4. The first-order chi connectivity index (χ1) is 4.09. The zero-order chi connectivity index (χ0) is 7.44. The minimum atomic E-state index is 0.0602. The first-order valence-corrected chi connectivity index (χ1v) is 2.47. The van der Waals surface area contributed by atoms with Gasteiger partial charge in [0.05, 0.1) is 12.1 Å². The van der Waals surface area contributed by atoms with Crippen LogP contribution in [0.5, 0.6) is 0 Å². The number of hydrogen-bond donors (Lipinski definition) is 3. The maximum Gasteiger partial charge on any atom is 0.146 e. The first-order valence-electron chi connectivity index (χ1n) is 2.47. The molecular weight excluding hydrogens is 116 g/mol. The molecule has 4 heteroatoms. The Morgan fingerprint density at radius 3 is 2.00 bits per heavy atom. The summed E-state index contributed by atoms with van der Waals surface area (Å²) in [5, 5.41) is 20.8. The quantitative estimate of drug-likeness (QED) is 0.366. The van der Waals surface area contributed by atoms with Crippen LogP contribution in [0.4, 0.5) is 0 Å². The van der Waals surface area contributed by atoms with Crippen LogP contribution in [0.2, 0.25) is 0 Å². The molecule has 4 nitrogen and oxygen atoms in total. The van der Waals surface area contributed by atoms with E-state index in [0.29, 0.717) is 0 Å². The third kappa shape index (κ3) is 2.03. The van der Waals surface area contributed by atoms with Crippen molar-refractivity contribution in [2.45, 2.75) is 6.92 Å². The Kier molecular flexibility index (Phi) is 2.57. The molecule has 0 saturated carbocycles. The third-order valence-corrected chi connectivity index (χ3v) is 0.902. The van der Waals surface area contributed by atoms with E-state index in [1.54, 1.807) is 7.05 Å². The maximum atomic E-state index is 7.10. The van der Waals surface area contributed by atoms with Crippen molar-refractivity contribution < 1.29 is 0 Å². The lowest BCUT2D eigenvalue weighted by Crippen LogP contribution is -2.28. The van der Waals surface area contributed by atoms with Gasteiger partial charge in [0.2, 0.25) is 0 Å². The van der Waals surface area contributed by atoms with Crippen molar-refractivity contribution >= 4 is 17.9 Å². The first kappa shape index (κ1) is 7.81. The van der Waals surface area contributed by atoms with E-state index in [1.165, 1.54) is 11.8 Å². The Morgan fingerprint density at radius 1 is 1.44 bits per heavy atom. The monoisotopic (exact) mass is 126 g/mol. The summed E-state index contributed by atoms with van der Waals surface area (Å²) in [6, 6.07) is 0. The van der Waals surface area contributed by atoms with Crippen molar-refractivity contribution in [2.24, 2.45) is 0 Å². The van der Waals surface area contributed by atoms with Gasteiger partial charge in [-0.1, -0.05) is 0 Å². The Hall–Kier alpha value is -1.19. The summed E-state index contributed by atoms with van der Waals surface area (Å²) in [6.07, 6.45) is 1.00. The Balaban J connectivity index is 4.03. The number of amidine groups is 1. The highest BCUT2D eigenvalue weighted by Crippen LogP contribution is 1.80. The lowest BCUT2D eigenvalue weighted by molar-refractivity contribution is 0.773. The molecule has 0 aliphatic carbocycles. The molecule has 0 amide bonds. The fraction of sp³-hybridized carbons (Fsp3) is 0.400. The number of nitrogens with one attached hydrogen (secondary N) is 3. The van der Waals surface area contributed by atoms with Gasteiger partial charge in [-0.2, -0.15) is 0 Å². The predicted octanol–water partition coefficient (Wildman–Crippen LogP) is 0.542. The molecular formula is C5H10N4. The average molecular weight is 126 g/mol. The van der Waals surface area contributed by atoms with Crippen LogP contribution in [0, 0.1) is 16.2 Å². The molecule has 0 bridgehead atoms. The van der Waals surface area contributed by atoms with E-state index >= 15 is 0 Å². The van der Waals surface area contributed by atoms with Crippen molar-refractivity contribution in [1.82, 2.24) is 4.90 Å². The van der Waals surface area contributed by atoms with Gasteiger partial charge in [-0.25, -0.2) is 0 Å². The molecule has 50 valence electrons. The van der Waals surface area contributed by atoms with Crippen LogP contribution in [0.15, 0.2) is 0 Å². The topological polar surface area (TPSA) is 74.8 Å². The zero-order valence-corrected chi connectivity index (χ0v) is 5.52. The molecule has 0 unspecified atom stereocenters. The highest BCUT2D eigenvalue weighted by Gasteiger charge is 2.00. The van der Waals surface area contributed by atoms with E-state index in [2.05, 4.69) is 0 Å². The smallest absolute Gasteiger partial charge is 0.146 e. The molecule has 0 atom stereocenters.